The zero-order chi connectivity index (χ0) is 31.2. The van der Waals surface area contributed by atoms with Crippen molar-refractivity contribution in [3.8, 4) is 0 Å². The van der Waals surface area contributed by atoms with Crippen molar-refractivity contribution in [3.05, 3.63) is 84.9 Å². The lowest BCUT2D eigenvalue weighted by Gasteiger charge is -2.08. The topological polar surface area (TPSA) is 239 Å². The highest BCUT2D eigenvalue weighted by molar-refractivity contribution is 7.86. The van der Waals surface area contributed by atoms with Crippen molar-refractivity contribution in [1.29, 1.82) is 0 Å². The number of hydrogen-bond acceptors (Lipinski definition) is 11. The Morgan fingerprint density at radius 2 is 0.907 bits per heavy atom. The number of benzene rings is 5. The molecule has 0 saturated heterocycles. The number of fused-ring (bicyclic) bond motifs is 2. The molecular weight excluding hydrogens is 623 g/mol. The van der Waals surface area contributed by atoms with Gasteiger partial charge < -0.3 is 5.73 Å². The Bertz CT molecular complexity index is 2340. The molecule has 5 N–H and O–H groups in total. The van der Waals surface area contributed by atoms with Crippen LogP contribution in [-0.2, 0) is 30.4 Å². The summed E-state index contributed by atoms with van der Waals surface area (Å²) in [5, 5.41) is 17.7. The Hall–Kier alpha value is -4.65. The molecule has 0 bridgehead atoms. The van der Waals surface area contributed by atoms with Gasteiger partial charge in [0.05, 0.1) is 26.9 Å². The second-order valence-electron chi connectivity index (χ2n) is 8.99. The molecule has 220 valence electrons. The minimum atomic E-state index is -4.62. The van der Waals surface area contributed by atoms with Gasteiger partial charge in [0.2, 0.25) is 0 Å². The molecule has 5 aromatic carbocycles. The Labute approximate surface area is 244 Å². The van der Waals surface area contributed by atoms with Gasteiger partial charge in [-0.3, -0.25) is 13.7 Å². The molecule has 17 heteroatoms. The summed E-state index contributed by atoms with van der Waals surface area (Å²) in [6.45, 7) is 0. The average Bonchev–Trinajstić information content (AvgIpc) is 2.94. The van der Waals surface area contributed by atoms with Gasteiger partial charge in [-0.05, 0) is 60.7 Å². The molecule has 0 aromatic heterocycles. The summed E-state index contributed by atoms with van der Waals surface area (Å²) in [7, 11) is -13.7. The van der Waals surface area contributed by atoms with E-state index in [1.54, 1.807) is 0 Å². The second-order valence-corrected chi connectivity index (χ2v) is 13.2. The van der Waals surface area contributed by atoms with E-state index in [0.29, 0.717) is 10.8 Å². The normalized spacial score (nSPS) is 13.0. The Balaban J connectivity index is 1.64. The molecule has 0 atom stereocenters. The average molecular weight is 642 g/mol. The van der Waals surface area contributed by atoms with Gasteiger partial charge in [-0.15, -0.1) is 20.5 Å². The highest BCUT2D eigenvalue weighted by Crippen LogP contribution is 2.38. The summed E-state index contributed by atoms with van der Waals surface area (Å²) in [4.78, 5) is -1.28. The van der Waals surface area contributed by atoms with Gasteiger partial charge in [-0.25, -0.2) is 0 Å². The van der Waals surface area contributed by atoms with Crippen LogP contribution >= 0.6 is 0 Å². The van der Waals surface area contributed by atoms with Crippen molar-refractivity contribution >= 4 is 80.3 Å². The lowest BCUT2D eigenvalue weighted by molar-refractivity contribution is 0.481. The first kappa shape index (κ1) is 29.8. The molecule has 0 amide bonds. The lowest BCUT2D eigenvalue weighted by atomic mass is 10.1. The Morgan fingerprint density at radius 1 is 0.465 bits per heavy atom. The van der Waals surface area contributed by atoms with E-state index < -0.39 is 40.1 Å². The van der Waals surface area contributed by atoms with Crippen LogP contribution in [0.4, 0.5) is 28.4 Å². The van der Waals surface area contributed by atoms with Gasteiger partial charge in [-0.1, -0.05) is 24.3 Å². The molecule has 0 heterocycles. The van der Waals surface area contributed by atoms with E-state index in [9.17, 15) is 38.9 Å². The molecule has 43 heavy (non-hydrogen) atoms. The fourth-order valence-corrected chi connectivity index (χ4v) is 5.82. The van der Waals surface area contributed by atoms with Gasteiger partial charge in [0.25, 0.3) is 30.4 Å². The van der Waals surface area contributed by atoms with E-state index in [1.165, 1.54) is 66.7 Å². The highest BCUT2D eigenvalue weighted by Gasteiger charge is 2.17. The smallest absolute Gasteiger partial charge is 0.296 e. The lowest BCUT2D eigenvalue weighted by Crippen LogP contribution is -1.98. The number of azo groups is 2. The Kier molecular flexibility index (Phi) is 7.55. The van der Waals surface area contributed by atoms with E-state index in [1.807, 2.05) is 0 Å². The zero-order valence-electron chi connectivity index (χ0n) is 21.5. The van der Waals surface area contributed by atoms with Gasteiger partial charge in [-0.2, -0.15) is 25.3 Å². The number of nitrogen functional groups attached to an aromatic ring is 1. The van der Waals surface area contributed by atoms with Crippen molar-refractivity contribution in [3.63, 3.8) is 0 Å². The largest absolute Gasteiger partial charge is 0.398 e. The molecular formula is C26H19N5O9S3. The van der Waals surface area contributed by atoms with Crippen LogP contribution in [0.5, 0.6) is 0 Å². The molecule has 14 nitrogen and oxygen atoms in total. The number of anilines is 1. The minimum Gasteiger partial charge on any atom is -0.398 e. The van der Waals surface area contributed by atoms with Crippen molar-refractivity contribution in [1.82, 2.24) is 0 Å². The fourth-order valence-electron chi connectivity index (χ4n) is 4.19. The fraction of sp³-hybridized carbons (Fsp3) is 0. The van der Waals surface area contributed by atoms with E-state index in [-0.39, 0.29) is 44.1 Å². The number of hydrogen-bond donors (Lipinski definition) is 4. The van der Waals surface area contributed by atoms with E-state index in [2.05, 4.69) is 20.5 Å². The van der Waals surface area contributed by atoms with Crippen LogP contribution in [0.3, 0.4) is 0 Å². The predicted molar refractivity (Wildman–Crippen MR) is 157 cm³/mol. The van der Waals surface area contributed by atoms with Crippen LogP contribution in [0.1, 0.15) is 0 Å². The van der Waals surface area contributed by atoms with Crippen LogP contribution in [0.25, 0.3) is 21.5 Å². The van der Waals surface area contributed by atoms with Crippen molar-refractivity contribution < 1.29 is 38.9 Å². The highest BCUT2D eigenvalue weighted by atomic mass is 32.2. The third-order valence-corrected chi connectivity index (χ3v) is 8.81. The third kappa shape index (κ3) is 6.26. The predicted octanol–water partition coefficient (Wildman–Crippen LogP) is 6.15. The number of nitrogens with two attached hydrogens (primary N) is 1. The molecule has 5 rings (SSSR count). The molecule has 0 fully saturated rings. The number of nitrogens with zero attached hydrogens (tertiary/aromatic N) is 4. The van der Waals surface area contributed by atoms with E-state index in [4.69, 9.17) is 5.73 Å². The molecule has 0 aliphatic carbocycles. The van der Waals surface area contributed by atoms with Crippen LogP contribution in [0.15, 0.2) is 120 Å². The van der Waals surface area contributed by atoms with Gasteiger partial charge in [0.1, 0.15) is 10.6 Å². The van der Waals surface area contributed by atoms with Crippen LogP contribution in [0.2, 0.25) is 0 Å². The molecule has 0 saturated carbocycles. The maximum Gasteiger partial charge on any atom is 0.296 e. The summed E-state index contributed by atoms with van der Waals surface area (Å²) < 4.78 is 98.8. The van der Waals surface area contributed by atoms with Gasteiger partial charge in [0.15, 0.2) is 0 Å². The molecule has 0 radical (unpaired) electrons. The summed E-state index contributed by atoms with van der Waals surface area (Å²) >= 11 is 0. The van der Waals surface area contributed by atoms with E-state index in [0.717, 1.165) is 18.2 Å². The molecule has 0 unspecified atom stereocenters. The summed E-state index contributed by atoms with van der Waals surface area (Å²) in [6.07, 6.45) is 0. The first-order chi connectivity index (χ1) is 20.1. The molecule has 0 spiro atoms. The summed E-state index contributed by atoms with van der Waals surface area (Å²) in [5.41, 5.74) is 6.63. The number of rotatable bonds is 7. The molecule has 0 aliphatic heterocycles. The van der Waals surface area contributed by atoms with Crippen LogP contribution in [-0.4, -0.2) is 38.9 Å². The monoisotopic (exact) mass is 641 g/mol. The summed E-state index contributed by atoms with van der Waals surface area (Å²) in [5.74, 6) is 0. The first-order valence-electron chi connectivity index (χ1n) is 11.9. The molecule has 5 aromatic rings. The third-order valence-electron chi connectivity index (χ3n) is 6.21. The summed E-state index contributed by atoms with van der Waals surface area (Å²) in [6, 6.07) is 18.6. The van der Waals surface area contributed by atoms with Gasteiger partial charge in [0, 0.05) is 27.2 Å². The standard InChI is InChI=1S/C26H19N5O9S3/c27-21-9-10-22(17-7-5-15(13-19(17)21)41(32,33)34)28-30-24-12-11-23(18-8-6-16(14-20(18)24)42(35,36)37)29-31-25-3-1-2-4-26(25)43(38,39)40/h1-14H,27H2,(H,32,33,34)(H,35,36,37)(H,38,39,40). The second kappa shape index (κ2) is 10.9. The van der Waals surface area contributed by atoms with Crippen molar-refractivity contribution in [2.45, 2.75) is 14.7 Å². The van der Waals surface area contributed by atoms with Crippen LogP contribution < -0.4 is 5.73 Å². The molecule has 0 aliphatic rings. The maximum atomic E-state index is 11.9. The SMILES string of the molecule is Nc1ccc(N=Nc2ccc(N=Nc3ccccc3S(=O)(=O)O)c3ccc(S(=O)(=O)O)cc23)c2ccc(S(=O)(=O)O)cc12. The van der Waals surface area contributed by atoms with Crippen molar-refractivity contribution in [2.75, 3.05) is 5.73 Å². The minimum absolute atomic E-state index is 0.136. The van der Waals surface area contributed by atoms with Crippen molar-refractivity contribution in [2.24, 2.45) is 20.5 Å². The first-order valence-corrected chi connectivity index (χ1v) is 16.2. The zero-order valence-corrected chi connectivity index (χ0v) is 23.9. The van der Waals surface area contributed by atoms with Gasteiger partial charge >= 0.3 is 0 Å². The maximum absolute atomic E-state index is 11.9. The van der Waals surface area contributed by atoms with E-state index >= 15 is 0 Å². The quantitative estimate of drug-likeness (QED) is 0.0898. The Morgan fingerprint density at radius 3 is 1.44 bits per heavy atom. The van der Waals surface area contributed by atoms with Crippen LogP contribution in [0, 0.1) is 0 Å².